The summed E-state index contributed by atoms with van der Waals surface area (Å²) < 4.78 is 27.2. The molecule has 0 radical (unpaired) electrons. The Morgan fingerprint density at radius 1 is 1.12 bits per heavy atom. The second-order valence-corrected chi connectivity index (χ2v) is 18.3. The predicted molar refractivity (Wildman–Crippen MR) is 184 cm³/mol. The third-order valence-corrected chi connectivity index (χ3v) is 11.9. The van der Waals surface area contributed by atoms with Crippen LogP contribution >= 0.6 is 23.1 Å². The topological polar surface area (TPSA) is 140 Å². The van der Waals surface area contributed by atoms with Crippen molar-refractivity contribution in [3.63, 3.8) is 0 Å². The third kappa shape index (κ3) is 6.88. The fourth-order valence-corrected chi connectivity index (χ4v) is 9.48. The molecule has 3 heterocycles. The number of benzene rings is 1. The second-order valence-electron chi connectivity index (χ2n) is 15.8. The fourth-order valence-electron chi connectivity index (χ4n) is 7.37. The molecule has 12 nitrogen and oxygen atoms in total. The molecule has 1 aliphatic heterocycles. The number of ether oxygens (including phenoxy) is 2. The van der Waals surface area contributed by atoms with E-state index in [9.17, 15) is 9.59 Å². The first-order valence-electron chi connectivity index (χ1n) is 16.4. The van der Waals surface area contributed by atoms with Gasteiger partial charge < -0.3 is 18.8 Å². The molecule has 2 bridgehead atoms. The van der Waals surface area contributed by atoms with Gasteiger partial charge in [0.25, 0.3) is 0 Å². The van der Waals surface area contributed by atoms with E-state index >= 15 is 0 Å². The molecule has 7 rings (SSSR count). The van der Waals surface area contributed by atoms with Gasteiger partial charge in [-0.25, -0.2) is 14.3 Å². The van der Waals surface area contributed by atoms with Gasteiger partial charge in [-0.2, -0.15) is 0 Å². The molecule has 5 atom stereocenters. The van der Waals surface area contributed by atoms with E-state index in [-0.39, 0.29) is 16.7 Å². The van der Waals surface area contributed by atoms with E-state index in [0.29, 0.717) is 39.0 Å². The van der Waals surface area contributed by atoms with Crippen molar-refractivity contribution in [2.24, 2.45) is 17.3 Å². The van der Waals surface area contributed by atoms with Crippen molar-refractivity contribution in [2.45, 2.75) is 121 Å². The molecule has 258 valence electrons. The van der Waals surface area contributed by atoms with Crippen molar-refractivity contribution in [3.8, 4) is 5.69 Å². The minimum atomic E-state index is -0.688. The number of aromatic nitrogens is 5. The van der Waals surface area contributed by atoms with Crippen LogP contribution in [0.25, 0.3) is 5.69 Å². The van der Waals surface area contributed by atoms with Crippen LogP contribution in [0.3, 0.4) is 0 Å². The van der Waals surface area contributed by atoms with Crippen LogP contribution < -0.4 is 5.32 Å². The Morgan fingerprint density at radius 3 is 2.50 bits per heavy atom. The number of esters is 1. The lowest BCUT2D eigenvalue weighted by molar-refractivity contribution is -0.199. The molecule has 3 unspecified atom stereocenters. The highest BCUT2D eigenvalue weighted by Crippen LogP contribution is 2.66. The van der Waals surface area contributed by atoms with E-state index in [1.807, 2.05) is 39.8 Å². The minimum absolute atomic E-state index is 0.00527. The van der Waals surface area contributed by atoms with E-state index in [2.05, 4.69) is 46.6 Å². The standard InChI is InChI=1S/C33H45BN6O6S2/c1-18-19(11-12-21(40-14-13-35-39-40)25(18)26(41)43-30(2,3)4)15-24(47-29-38-37-27(48-29)36-28(42)44-31(5,6)7)34-45-23-17-20-16-22(32(20,8)9)33(23,10)46-34/h11-14,20,22-24H,15-17H2,1-10H3,(H,36,37,42)/t20?,22?,23?,24-,33-/m0/s1. The number of carbonyl (C=O) groups is 2. The average Bonchev–Trinajstić information content (AvgIpc) is 3.71. The van der Waals surface area contributed by atoms with Crippen LogP contribution in [-0.4, -0.2) is 72.4 Å². The maximum absolute atomic E-state index is 13.7. The van der Waals surface area contributed by atoms with Crippen molar-refractivity contribution in [3.05, 3.63) is 41.2 Å². The number of carbonyl (C=O) groups excluding carboxylic acids is 2. The fraction of sp³-hybridized carbons (Fsp3) is 0.636. The lowest BCUT2D eigenvalue weighted by atomic mass is 9.43. The summed E-state index contributed by atoms with van der Waals surface area (Å²) in [5.74, 6) is 0.576. The van der Waals surface area contributed by atoms with Gasteiger partial charge in [0.15, 0.2) is 4.34 Å². The highest BCUT2D eigenvalue weighted by Gasteiger charge is 2.68. The lowest BCUT2D eigenvalue weighted by Gasteiger charge is -2.64. The van der Waals surface area contributed by atoms with Crippen molar-refractivity contribution in [2.75, 3.05) is 5.32 Å². The Morgan fingerprint density at radius 2 is 1.85 bits per heavy atom. The molecule has 2 aromatic heterocycles. The molecule has 1 aromatic carbocycles. The van der Waals surface area contributed by atoms with Gasteiger partial charge in [-0.1, -0.05) is 48.2 Å². The van der Waals surface area contributed by atoms with Gasteiger partial charge >= 0.3 is 19.2 Å². The van der Waals surface area contributed by atoms with Gasteiger partial charge in [0.2, 0.25) is 5.13 Å². The highest BCUT2D eigenvalue weighted by atomic mass is 32.2. The number of nitrogens with one attached hydrogen (secondary N) is 1. The van der Waals surface area contributed by atoms with Crippen LogP contribution in [0.1, 0.15) is 96.6 Å². The van der Waals surface area contributed by atoms with Gasteiger partial charge in [-0.05, 0) is 109 Å². The van der Waals surface area contributed by atoms with Crippen LogP contribution in [0.15, 0.2) is 28.9 Å². The lowest BCUT2D eigenvalue weighted by Crippen LogP contribution is -2.65. The summed E-state index contributed by atoms with van der Waals surface area (Å²) in [7, 11) is -0.536. The molecule has 3 aliphatic carbocycles. The number of hydrogen-bond donors (Lipinski definition) is 1. The van der Waals surface area contributed by atoms with Gasteiger partial charge in [0, 0.05) is 0 Å². The third-order valence-electron chi connectivity index (χ3n) is 9.79. The molecule has 4 fully saturated rings. The monoisotopic (exact) mass is 696 g/mol. The zero-order valence-corrected chi connectivity index (χ0v) is 31.0. The van der Waals surface area contributed by atoms with Gasteiger partial charge in [0.1, 0.15) is 11.2 Å². The SMILES string of the molecule is Cc1c(C[C@H](Sc2nnc(NC(=O)OC(C)(C)C)s2)B2OC3CC4CC(C4(C)C)[C@]3(C)O2)ccc(-n2ccnn2)c1C(=O)OC(C)(C)C. The molecule has 3 aromatic rings. The number of nitrogens with zero attached hydrogens (tertiary/aromatic N) is 5. The summed E-state index contributed by atoms with van der Waals surface area (Å²) >= 11 is 2.76. The molecule has 4 aliphatic rings. The summed E-state index contributed by atoms with van der Waals surface area (Å²) in [5, 5.41) is 19.5. The van der Waals surface area contributed by atoms with Crippen molar-refractivity contribution in [1.29, 1.82) is 0 Å². The zero-order valence-electron chi connectivity index (χ0n) is 29.3. The predicted octanol–water partition coefficient (Wildman–Crippen LogP) is 6.70. The number of anilines is 1. The number of hydrogen-bond acceptors (Lipinski definition) is 12. The Bertz CT molecular complexity index is 1690. The normalized spacial score (nSPS) is 25.2. The Labute approximate surface area is 290 Å². The summed E-state index contributed by atoms with van der Waals surface area (Å²) in [4.78, 5) is 26.1. The zero-order chi connectivity index (χ0) is 34.8. The largest absolute Gasteiger partial charge is 0.472 e. The van der Waals surface area contributed by atoms with Crippen molar-refractivity contribution in [1.82, 2.24) is 25.2 Å². The average molecular weight is 697 g/mol. The molecule has 15 heteroatoms. The first-order chi connectivity index (χ1) is 22.3. The van der Waals surface area contributed by atoms with Crippen molar-refractivity contribution < 1.29 is 28.4 Å². The summed E-state index contributed by atoms with van der Waals surface area (Å²) in [6.07, 6.45) is 5.29. The first-order valence-corrected chi connectivity index (χ1v) is 18.1. The Balaban J connectivity index is 1.32. The summed E-state index contributed by atoms with van der Waals surface area (Å²) in [6, 6.07) is 3.88. The number of rotatable bonds is 8. The van der Waals surface area contributed by atoms with Crippen molar-refractivity contribution >= 4 is 47.4 Å². The first kappa shape index (κ1) is 34.8. The Hall–Kier alpha value is -3.01. The molecule has 3 saturated carbocycles. The number of thioether (sulfide) groups is 1. The van der Waals surface area contributed by atoms with Gasteiger partial charge in [-0.15, -0.1) is 15.3 Å². The van der Waals surface area contributed by atoms with Gasteiger partial charge in [0.05, 0.1) is 40.5 Å². The molecular weight excluding hydrogens is 651 g/mol. The van der Waals surface area contributed by atoms with E-state index in [4.69, 9.17) is 18.8 Å². The molecule has 1 saturated heterocycles. The van der Waals surface area contributed by atoms with Crippen LogP contribution in [0.4, 0.5) is 9.93 Å². The van der Waals surface area contributed by atoms with Crippen LogP contribution in [0, 0.1) is 24.2 Å². The van der Waals surface area contributed by atoms with Crippen LogP contribution in [0.2, 0.25) is 0 Å². The summed E-state index contributed by atoms with van der Waals surface area (Å²) in [6.45, 7) is 19.8. The molecular formula is C33H45BN6O6S2. The van der Waals surface area contributed by atoms with Crippen LogP contribution in [0.5, 0.6) is 0 Å². The van der Waals surface area contributed by atoms with E-state index in [0.717, 1.165) is 24.0 Å². The second kappa shape index (κ2) is 12.4. The van der Waals surface area contributed by atoms with Gasteiger partial charge in [-0.3, -0.25) is 5.32 Å². The minimum Gasteiger partial charge on any atom is -0.456 e. The van der Waals surface area contributed by atoms with E-state index < -0.39 is 36.0 Å². The Kier molecular flexibility index (Phi) is 9.00. The molecule has 1 amide bonds. The van der Waals surface area contributed by atoms with E-state index in [1.54, 1.807) is 37.8 Å². The smallest absolute Gasteiger partial charge is 0.456 e. The molecule has 48 heavy (non-hydrogen) atoms. The highest BCUT2D eigenvalue weighted by molar-refractivity contribution is 8.02. The maximum atomic E-state index is 13.7. The number of amides is 1. The molecule has 1 N–H and O–H groups in total. The maximum Gasteiger partial charge on any atom is 0.472 e. The summed E-state index contributed by atoms with van der Waals surface area (Å²) in [5.41, 5.74) is 1.19. The van der Waals surface area contributed by atoms with E-state index in [1.165, 1.54) is 23.1 Å². The quantitative estimate of drug-likeness (QED) is 0.116. The molecule has 0 spiro atoms. The van der Waals surface area contributed by atoms with Crippen LogP contribution in [-0.2, 0) is 25.2 Å².